The smallest absolute Gasteiger partial charge is 0.225 e. The summed E-state index contributed by atoms with van der Waals surface area (Å²) in [5.41, 5.74) is 3.33. The minimum atomic E-state index is 0.241. The van der Waals surface area contributed by atoms with E-state index in [1.165, 1.54) is 12.8 Å². The van der Waals surface area contributed by atoms with E-state index in [0.717, 1.165) is 61.4 Å². The molecule has 6 nitrogen and oxygen atoms in total. The topological polar surface area (TPSA) is 71.0 Å². The first-order valence-electron chi connectivity index (χ1n) is 9.55. The number of pyridine rings is 1. The second-order valence-electron chi connectivity index (χ2n) is 7.17. The molecule has 0 saturated heterocycles. The highest BCUT2D eigenvalue weighted by molar-refractivity contribution is 5.79. The SMILES string of the molecule is O=C(C1CCCC1)N1CCc2ncnc(NCc3cccnc3)c2CC1. The minimum Gasteiger partial charge on any atom is -0.366 e. The van der Waals surface area contributed by atoms with Crippen LogP contribution in [0.5, 0.6) is 0 Å². The van der Waals surface area contributed by atoms with E-state index < -0.39 is 0 Å². The standard InChI is InChI=1S/C20H25N5O/c26-20(16-5-1-2-6-16)25-10-7-17-18(8-11-25)23-14-24-19(17)22-13-15-4-3-9-21-12-15/h3-4,9,12,14,16H,1-2,5-8,10-11,13H2,(H,22,23,24). The van der Waals surface area contributed by atoms with Gasteiger partial charge in [0.15, 0.2) is 0 Å². The van der Waals surface area contributed by atoms with Gasteiger partial charge >= 0.3 is 0 Å². The maximum Gasteiger partial charge on any atom is 0.225 e. The second-order valence-corrected chi connectivity index (χ2v) is 7.17. The zero-order valence-corrected chi connectivity index (χ0v) is 15.0. The molecule has 0 unspecified atom stereocenters. The van der Waals surface area contributed by atoms with E-state index in [1.807, 2.05) is 23.2 Å². The molecule has 1 N–H and O–H groups in total. The Hall–Kier alpha value is -2.50. The van der Waals surface area contributed by atoms with E-state index in [4.69, 9.17) is 0 Å². The van der Waals surface area contributed by atoms with Crippen molar-refractivity contribution in [2.24, 2.45) is 5.92 Å². The Morgan fingerprint density at radius 1 is 1.19 bits per heavy atom. The summed E-state index contributed by atoms with van der Waals surface area (Å²) >= 11 is 0. The summed E-state index contributed by atoms with van der Waals surface area (Å²) in [7, 11) is 0. The Balaban J connectivity index is 1.45. The predicted molar refractivity (Wildman–Crippen MR) is 99.5 cm³/mol. The molecule has 2 aromatic rings. The van der Waals surface area contributed by atoms with Crippen molar-refractivity contribution in [3.05, 3.63) is 47.7 Å². The lowest BCUT2D eigenvalue weighted by molar-refractivity contribution is -0.135. The number of carbonyl (C=O) groups is 1. The van der Waals surface area contributed by atoms with Crippen molar-refractivity contribution in [3.63, 3.8) is 0 Å². The van der Waals surface area contributed by atoms with Gasteiger partial charge in [0.25, 0.3) is 0 Å². The monoisotopic (exact) mass is 351 g/mol. The van der Waals surface area contributed by atoms with Crippen molar-refractivity contribution >= 4 is 11.7 Å². The molecule has 2 aliphatic rings. The van der Waals surface area contributed by atoms with Crippen LogP contribution >= 0.6 is 0 Å². The third-order valence-corrected chi connectivity index (χ3v) is 5.48. The summed E-state index contributed by atoms with van der Waals surface area (Å²) in [6, 6.07) is 3.98. The van der Waals surface area contributed by atoms with Gasteiger partial charge in [0.1, 0.15) is 12.1 Å². The number of fused-ring (bicyclic) bond motifs is 1. The fourth-order valence-corrected chi connectivity index (χ4v) is 4.02. The highest BCUT2D eigenvalue weighted by Crippen LogP contribution is 2.28. The normalized spacial score (nSPS) is 17.6. The molecule has 1 fully saturated rings. The van der Waals surface area contributed by atoms with E-state index in [9.17, 15) is 4.79 Å². The number of rotatable bonds is 4. The molecule has 136 valence electrons. The average Bonchev–Trinajstić information content (AvgIpc) is 3.13. The zero-order valence-electron chi connectivity index (χ0n) is 15.0. The van der Waals surface area contributed by atoms with Gasteiger partial charge in [0, 0.05) is 49.9 Å². The number of nitrogens with one attached hydrogen (secondary N) is 1. The third-order valence-electron chi connectivity index (χ3n) is 5.48. The molecule has 2 aromatic heterocycles. The fourth-order valence-electron chi connectivity index (χ4n) is 4.02. The second kappa shape index (κ2) is 7.81. The van der Waals surface area contributed by atoms with Crippen LogP contribution in [0.2, 0.25) is 0 Å². The molecule has 3 heterocycles. The molecule has 0 radical (unpaired) electrons. The lowest BCUT2D eigenvalue weighted by Crippen LogP contribution is -2.37. The van der Waals surface area contributed by atoms with Crippen molar-refractivity contribution in [2.45, 2.75) is 45.1 Å². The van der Waals surface area contributed by atoms with Crippen LogP contribution in [0.15, 0.2) is 30.9 Å². The number of nitrogens with zero attached hydrogens (tertiary/aromatic N) is 4. The van der Waals surface area contributed by atoms with Crippen LogP contribution in [0.3, 0.4) is 0 Å². The largest absolute Gasteiger partial charge is 0.366 e. The van der Waals surface area contributed by atoms with E-state index >= 15 is 0 Å². The van der Waals surface area contributed by atoms with Gasteiger partial charge < -0.3 is 10.2 Å². The molecule has 1 aliphatic heterocycles. The van der Waals surface area contributed by atoms with Gasteiger partial charge in [-0.3, -0.25) is 9.78 Å². The maximum atomic E-state index is 12.8. The van der Waals surface area contributed by atoms with Crippen LogP contribution in [0.1, 0.15) is 42.5 Å². The number of hydrogen-bond donors (Lipinski definition) is 1. The Bertz CT molecular complexity index is 758. The Labute approximate surface area is 154 Å². The van der Waals surface area contributed by atoms with E-state index in [-0.39, 0.29) is 5.92 Å². The van der Waals surface area contributed by atoms with Crippen LogP contribution in [0.4, 0.5) is 5.82 Å². The number of carbonyl (C=O) groups excluding carboxylic acids is 1. The van der Waals surface area contributed by atoms with Crippen molar-refractivity contribution < 1.29 is 4.79 Å². The van der Waals surface area contributed by atoms with Crippen LogP contribution in [-0.2, 0) is 24.2 Å². The van der Waals surface area contributed by atoms with Crippen molar-refractivity contribution in [1.29, 1.82) is 0 Å². The quantitative estimate of drug-likeness (QED) is 0.917. The van der Waals surface area contributed by atoms with Gasteiger partial charge in [-0.2, -0.15) is 0 Å². The molecule has 0 aromatic carbocycles. The van der Waals surface area contributed by atoms with Crippen molar-refractivity contribution in [2.75, 3.05) is 18.4 Å². The lowest BCUT2D eigenvalue weighted by Gasteiger charge is -2.23. The molecule has 1 amide bonds. The summed E-state index contributed by atoms with van der Waals surface area (Å²) in [4.78, 5) is 27.9. The maximum absolute atomic E-state index is 12.8. The van der Waals surface area contributed by atoms with E-state index in [0.29, 0.717) is 12.5 Å². The number of amides is 1. The average molecular weight is 351 g/mol. The molecule has 1 aliphatic carbocycles. The van der Waals surface area contributed by atoms with Crippen LogP contribution < -0.4 is 5.32 Å². The fraction of sp³-hybridized carbons (Fsp3) is 0.500. The van der Waals surface area contributed by atoms with Crippen LogP contribution in [-0.4, -0.2) is 38.8 Å². The lowest BCUT2D eigenvalue weighted by atomic mass is 10.1. The highest BCUT2D eigenvalue weighted by atomic mass is 16.2. The van der Waals surface area contributed by atoms with E-state index in [2.05, 4.69) is 20.3 Å². The van der Waals surface area contributed by atoms with Crippen molar-refractivity contribution in [1.82, 2.24) is 19.9 Å². The van der Waals surface area contributed by atoms with Crippen LogP contribution in [0.25, 0.3) is 0 Å². The molecule has 6 heteroatoms. The molecule has 0 atom stereocenters. The highest BCUT2D eigenvalue weighted by Gasteiger charge is 2.29. The first kappa shape index (κ1) is 16.9. The minimum absolute atomic E-state index is 0.241. The first-order chi connectivity index (χ1) is 12.8. The zero-order chi connectivity index (χ0) is 17.8. The summed E-state index contributed by atoms with van der Waals surface area (Å²) in [5, 5.41) is 3.42. The Morgan fingerprint density at radius 2 is 2.04 bits per heavy atom. The van der Waals surface area contributed by atoms with Gasteiger partial charge in [0.05, 0.1) is 5.69 Å². The van der Waals surface area contributed by atoms with Gasteiger partial charge in [-0.05, 0) is 30.9 Å². The predicted octanol–water partition coefficient (Wildman–Crippen LogP) is 2.60. The molecule has 0 bridgehead atoms. The summed E-state index contributed by atoms with van der Waals surface area (Å²) in [5.74, 6) is 1.47. The summed E-state index contributed by atoms with van der Waals surface area (Å²) in [6.07, 6.45) is 11.4. The molecular formula is C20H25N5O. The Kier molecular flexibility index (Phi) is 5.09. The third kappa shape index (κ3) is 3.69. The number of anilines is 1. The molecule has 4 rings (SSSR count). The van der Waals surface area contributed by atoms with E-state index in [1.54, 1.807) is 12.5 Å². The first-order valence-corrected chi connectivity index (χ1v) is 9.55. The molecule has 0 spiro atoms. The number of hydrogen-bond acceptors (Lipinski definition) is 5. The summed E-state index contributed by atoms with van der Waals surface area (Å²) in [6.45, 7) is 2.21. The molecule has 1 saturated carbocycles. The van der Waals surface area contributed by atoms with Gasteiger partial charge in [0.2, 0.25) is 5.91 Å². The molecule has 26 heavy (non-hydrogen) atoms. The van der Waals surface area contributed by atoms with Gasteiger partial charge in [-0.15, -0.1) is 0 Å². The van der Waals surface area contributed by atoms with Gasteiger partial charge in [-0.25, -0.2) is 9.97 Å². The summed E-state index contributed by atoms with van der Waals surface area (Å²) < 4.78 is 0. The number of aromatic nitrogens is 3. The molecular weight excluding hydrogens is 326 g/mol. The van der Waals surface area contributed by atoms with Crippen LogP contribution in [0, 0.1) is 5.92 Å². The van der Waals surface area contributed by atoms with Crippen molar-refractivity contribution in [3.8, 4) is 0 Å². The Morgan fingerprint density at radius 3 is 2.85 bits per heavy atom. The van der Waals surface area contributed by atoms with Gasteiger partial charge in [-0.1, -0.05) is 18.9 Å².